The van der Waals surface area contributed by atoms with Crippen molar-refractivity contribution in [1.82, 2.24) is 16.0 Å². The smallest absolute Gasteiger partial charge is 0.239 e. The first kappa shape index (κ1) is 16.2. The van der Waals surface area contributed by atoms with Crippen LogP contribution in [0.5, 0.6) is 0 Å². The summed E-state index contributed by atoms with van der Waals surface area (Å²) in [6, 6.07) is 9.77. The molecule has 0 radical (unpaired) electrons. The second kappa shape index (κ2) is 9.09. The van der Waals surface area contributed by atoms with Crippen LogP contribution in [-0.2, 0) is 16.1 Å². The van der Waals surface area contributed by atoms with Crippen LogP contribution in [0.25, 0.3) is 0 Å². The molecule has 5 heteroatoms. The minimum atomic E-state index is -0.182. The van der Waals surface area contributed by atoms with Crippen molar-refractivity contribution in [1.29, 1.82) is 0 Å². The highest BCUT2D eigenvalue weighted by molar-refractivity contribution is 5.84. The van der Waals surface area contributed by atoms with Gasteiger partial charge in [-0.2, -0.15) is 0 Å². The first-order valence-electron chi connectivity index (χ1n) is 6.92. The van der Waals surface area contributed by atoms with Crippen molar-refractivity contribution in [3.8, 4) is 0 Å². The Morgan fingerprint density at radius 2 is 1.80 bits per heavy atom. The van der Waals surface area contributed by atoms with Gasteiger partial charge in [0.2, 0.25) is 11.8 Å². The molecule has 1 aromatic carbocycles. The number of rotatable bonds is 8. The van der Waals surface area contributed by atoms with Crippen molar-refractivity contribution in [2.24, 2.45) is 0 Å². The lowest BCUT2D eigenvalue weighted by Crippen LogP contribution is -2.39. The average molecular weight is 277 g/mol. The van der Waals surface area contributed by atoms with Crippen molar-refractivity contribution < 1.29 is 9.59 Å². The summed E-state index contributed by atoms with van der Waals surface area (Å²) in [5.74, 6) is -0.299. The lowest BCUT2D eigenvalue weighted by atomic mass is 10.2. The molecule has 0 spiro atoms. The van der Waals surface area contributed by atoms with E-state index in [1.807, 2.05) is 44.2 Å². The fourth-order valence-electron chi connectivity index (χ4n) is 1.81. The maximum Gasteiger partial charge on any atom is 0.239 e. The molecule has 1 atom stereocenters. The van der Waals surface area contributed by atoms with E-state index in [9.17, 15) is 9.59 Å². The highest BCUT2D eigenvalue weighted by atomic mass is 16.2. The number of carbonyl (C=O) groups is 2. The van der Waals surface area contributed by atoms with Gasteiger partial charge in [0.25, 0.3) is 0 Å². The Morgan fingerprint density at radius 1 is 1.10 bits per heavy atom. The summed E-state index contributed by atoms with van der Waals surface area (Å²) in [6.07, 6.45) is 0.375. The van der Waals surface area contributed by atoms with Gasteiger partial charge in [-0.3, -0.25) is 9.59 Å². The van der Waals surface area contributed by atoms with Gasteiger partial charge in [0.15, 0.2) is 0 Å². The zero-order valence-electron chi connectivity index (χ0n) is 12.1. The van der Waals surface area contributed by atoms with Gasteiger partial charge in [0.1, 0.15) is 0 Å². The van der Waals surface area contributed by atoms with Gasteiger partial charge in [0, 0.05) is 19.0 Å². The number of nitrogens with one attached hydrogen (secondary N) is 3. The van der Waals surface area contributed by atoms with E-state index in [4.69, 9.17) is 0 Å². The van der Waals surface area contributed by atoms with Gasteiger partial charge in [0.05, 0.1) is 6.54 Å². The summed E-state index contributed by atoms with van der Waals surface area (Å²) in [5.41, 5.74) is 1.04. The fraction of sp³-hybridized carbons (Fsp3) is 0.467. The van der Waals surface area contributed by atoms with Gasteiger partial charge in [-0.25, -0.2) is 0 Å². The highest BCUT2D eigenvalue weighted by Crippen LogP contribution is 1.96. The maximum atomic E-state index is 11.6. The third-order valence-corrected chi connectivity index (χ3v) is 2.82. The molecule has 5 nitrogen and oxygen atoms in total. The second-order valence-electron chi connectivity index (χ2n) is 4.70. The topological polar surface area (TPSA) is 70.2 Å². The average Bonchev–Trinajstić information content (AvgIpc) is 2.44. The van der Waals surface area contributed by atoms with E-state index in [1.165, 1.54) is 0 Å². The molecule has 0 saturated heterocycles. The zero-order chi connectivity index (χ0) is 14.8. The molecule has 0 aromatic heterocycles. The highest BCUT2D eigenvalue weighted by Gasteiger charge is 2.09. The van der Waals surface area contributed by atoms with E-state index in [0.717, 1.165) is 12.1 Å². The van der Waals surface area contributed by atoms with E-state index in [2.05, 4.69) is 16.0 Å². The van der Waals surface area contributed by atoms with Gasteiger partial charge < -0.3 is 16.0 Å². The molecule has 0 fully saturated rings. The Labute approximate surface area is 120 Å². The molecule has 2 amide bonds. The Kier molecular flexibility index (Phi) is 7.35. The molecule has 1 aromatic rings. The lowest BCUT2D eigenvalue weighted by Gasteiger charge is -2.12. The number of hydrogen-bond acceptors (Lipinski definition) is 3. The van der Waals surface area contributed by atoms with E-state index in [-0.39, 0.29) is 24.4 Å². The summed E-state index contributed by atoms with van der Waals surface area (Å²) in [7, 11) is 0. The lowest BCUT2D eigenvalue weighted by molar-refractivity contribution is -0.126. The zero-order valence-corrected chi connectivity index (χ0v) is 12.1. The first-order valence-corrected chi connectivity index (χ1v) is 6.92. The standard InChI is InChI=1S/C15H23N3O2/c1-3-16-12(2)9-14(19)18-11-15(20)17-10-13-7-5-4-6-8-13/h4-8,12,16H,3,9-11H2,1-2H3,(H,17,20)(H,18,19). The number of amides is 2. The fourth-order valence-corrected chi connectivity index (χ4v) is 1.81. The Bertz CT molecular complexity index is 420. The molecule has 0 bridgehead atoms. The molecule has 20 heavy (non-hydrogen) atoms. The molecule has 0 heterocycles. The number of hydrogen-bond donors (Lipinski definition) is 3. The van der Waals surface area contributed by atoms with E-state index < -0.39 is 0 Å². The summed E-state index contributed by atoms with van der Waals surface area (Å²) in [6.45, 7) is 5.25. The van der Waals surface area contributed by atoms with E-state index in [0.29, 0.717) is 13.0 Å². The summed E-state index contributed by atoms with van der Waals surface area (Å²) in [5, 5.41) is 8.53. The van der Waals surface area contributed by atoms with Crippen LogP contribution < -0.4 is 16.0 Å². The van der Waals surface area contributed by atoms with Crippen molar-refractivity contribution in [2.75, 3.05) is 13.1 Å². The molecule has 1 unspecified atom stereocenters. The second-order valence-corrected chi connectivity index (χ2v) is 4.70. The third-order valence-electron chi connectivity index (χ3n) is 2.82. The van der Waals surface area contributed by atoms with Crippen molar-refractivity contribution in [2.45, 2.75) is 32.9 Å². The predicted molar refractivity (Wildman–Crippen MR) is 79.1 cm³/mol. The van der Waals surface area contributed by atoms with Gasteiger partial charge in [-0.1, -0.05) is 37.3 Å². The number of benzene rings is 1. The minimum Gasteiger partial charge on any atom is -0.350 e. The molecule has 1 rings (SSSR count). The van der Waals surface area contributed by atoms with E-state index in [1.54, 1.807) is 0 Å². The molecule has 0 aliphatic heterocycles. The molecule has 3 N–H and O–H groups in total. The molecule has 0 aliphatic rings. The monoisotopic (exact) mass is 277 g/mol. The van der Waals surface area contributed by atoms with Crippen LogP contribution in [0, 0.1) is 0 Å². The van der Waals surface area contributed by atoms with Crippen molar-refractivity contribution >= 4 is 11.8 Å². The van der Waals surface area contributed by atoms with Crippen LogP contribution in [0.4, 0.5) is 0 Å². The van der Waals surface area contributed by atoms with Crippen LogP contribution >= 0.6 is 0 Å². The normalized spacial score (nSPS) is 11.7. The Hall–Kier alpha value is -1.88. The van der Waals surface area contributed by atoms with Gasteiger partial charge >= 0.3 is 0 Å². The van der Waals surface area contributed by atoms with Gasteiger partial charge in [-0.15, -0.1) is 0 Å². The van der Waals surface area contributed by atoms with Crippen molar-refractivity contribution in [3.05, 3.63) is 35.9 Å². The molecule has 110 valence electrons. The summed E-state index contributed by atoms with van der Waals surface area (Å²) >= 11 is 0. The van der Waals surface area contributed by atoms with Crippen LogP contribution in [0.1, 0.15) is 25.8 Å². The Morgan fingerprint density at radius 3 is 2.45 bits per heavy atom. The molecule has 0 saturated carbocycles. The first-order chi connectivity index (χ1) is 9.61. The SMILES string of the molecule is CCNC(C)CC(=O)NCC(=O)NCc1ccccc1. The number of carbonyl (C=O) groups excluding carboxylic acids is 2. The van der Waals surface area contributed by atoms with Crippen molar-refractivity contribution in [3.63, 3.8) is 0 Å². The predicted octanol–water partition coefficient (Wildman–Crippen LogP) is 0.807. The molecular formula is C15H23N3O2. The third kappa shape index (κ3) is 6.89. The summed E-state index contributed by atoms with van der Waals surface area (Å²) in [4.78, 5) is 23.2. The Balaban J connectivity index is 2.18. The summed E-state index contributed by atoms with van der Waals surface area (Å²) < 4.78 is 0. The van der Waals surface area contributed by atoms with E-state index >= 15 is 0 Å². The maximum absolute atomic E-state index is 11.6. The van der Waals surface area contributed by atoms with Crippen LogP contribution in [-0.4, -0.2) is 30.9 Å². The quantitative estimate of drug-likeness (QED) is 0.658. The van der Waals surface area contributed by atoms with Crippen LogP contribution in [0.2, 0.25) is 0 Å². The largest absolute Gasteiger partial charge is 0.350 e. The molecule has 0 aliphatic carbocycles. The minimum absolute atomic E-state index is 0.0184. The van der Waals surface area contributed by atoms with Crippen LogP contribution in [0.15, 0.2) is 30.3 Å². The molecular weight excluding hydrogens is 254 g/mol. The van der Waals surface area contributed by atoms with Crippen LogP contribution in [0.3, 0.4) is 0 Å². The van der Waals surface area contributed by atoms with Gasteiger partial charge in [-0.05, 0) is 19.0 Å².